The van der Waals surface area contributed by atoms with Crippen LogP contribution in [0.15, 0.2) is 42.2 Å². The Hall–Kier alpha value is -3.36. The minimum absolute atomic E-state index is 0.0109. The fourth-order valence-electron chi connectivity index (χ4n) is 6.74. The summed E-state index contributed by atoms with van der Waals surface area (Å²) < 4.78 is 135. The Morgan fingerprint density at radius 1 is 1.12 bits per heavy atom. The normalized spacial score (nSPS) is 21.0. The van der Waals surface area contributed by atoms with E-state index >= 15 is 0 Å². The van der Waals surface area contributed by atoms with Crippen LogP contribution in [0, 0.1) is 6.57 Å². The van der Waals surface area contributed by atoms with Crippen LogP contribution >= 0.6 is 23.2 Å². The quantitative estimate of drug-likeness (QED) is 0.0828. The number of allylic oxidation sites excluding steroid dienone is 2. The summed E-state index contributed by atoms with van der Waals surface area (Å²) in [6.45, 7) is 9.65. The van der Waals surface area contributed by atoms with Crippen LogP contribution < -0.4 is 14.0 Å². The van der Waals surface area contributed by atoms with Crippen molar-refractivity contribution in [2.45, 2.75) is 63.7 Å². The van der Waals surface area contributed by atoms with Crippen LogP contribution in [0.3, 0.4) is 0 Å². The molecule has 2 aliphatic heterocycles. The molecule has 2 aliphatic rings. The van der Waals surface area contributed by atoms with Gasteiger partial charge in [0.05, 0.1) is 30.2 Å². The molecule has 0 amide bonds. The highest BCUT2D eigenvalue weighted by molar-refractivity contribution is 7.86. The molecule has 3 aromatic rings. The molecule has 0 radical (unpaired) electrons. The number of imidazole rings is 1. The molecule has 0 bridgehead atoms. The number of nitrogens with zero attached hydrogens (tertiary/aromatic N) is 5. The number of fused-ring (bicyclic) bond motifs is 3. The van der Waals surface area contributed by atoms with Crippen molar-refractivity contribution < 1.29 is 48.3 Å². The minimum atomic E-state index is -4.97. The Labute approximate surface area is 281 Å². The van der Waals surface area contributed by atoms with Crippen LogP contribution in [0.2, 0.25) is 10.0 Å². The number of benzene rings is 2. The molecule has 0 saturated carbocycles. The van der Waals surface area contributed by atoms with Crippen molar-refractivity contribution in [3.8, 4) is 0 Å². The summed E-state index contributed by atoms with van der Waals surface area (Å²) in [6.07, 6.45) is -4.66. The molecule has 8 nitrogen and oxygen atoms in total. The Balaban J connectivity index is 1.77. The molecule has 258 valence electrons. The molecular weight excluding hydrogens is 714 g/mol. The highest BCUT2D eigenvalue weighted by atomic mass is 35.5. The van der Waals surface area contributed by atoms with Crippen molar-refractivity contribution in [2.75, 3.05) is 18.0 Å². The summed E-state index contributed by atoms with van der Waals surface area (Å²) in [4.78, 5) is 5.14. The van der Waals surface area contributed by atoms with E-state index in [2.05, 4.69) is 4.85 Å². The number of halogens is 9. The first-order valence-corrected chi connectivity index (χ1v) is 16.8. The monoisotopic (exact) mass is 741 g/mol. The van der Waals surface area contributed by atoms with Crippen LogP contribution in [-0.4, -0.2) is 48.3 Å². The van der Waals surface area contributed by atoms with Crippen LogP contribution in [-0.2, 0) is 29.4 Å². The molecule has 2 unspecified atom stereocenters. The molecule has 48 heavy (non-hydrogen) atoms. The first-order valence-electron chi connectivity index (χ1n) is 14.5. The average molecular weight is 743 g/mol. The minimum Gasteiger partial charge on any atom is -0.292 e. The second kappa shape index (κ2) is 12.5. The summed E-state index contributed by atoms with van der Waals surface area (Å²) in [7, 11) is -4.69. The number of anilines is 1. The van der Waals surface area contributed by atoms with E-state index in [1.54, 1.807) is 18.7 Å². The second-order valence-corrected chi connectivity index (χ2v) is 13.7. The number of hydrogen-bond acceptors (Lipinski definition) is 3. The third-order valence-electron chi connectivity index (χ3n) is 8.68. The molecule has 18 heteroatoms. The fraction of sp³-hybridized carbons (Fsp3) is 0.400. The lowest BCUT2D eigenvalue weighted by molar-refractivity contribution is -0.694. The standard InChI is InChI=1S/C30H27Cl2F7N5O3S/c1-4-41-22-13-18(31)17(30(37,38)39)12-21(22)43(16-29(35,36)28(33)34)25(41)8-6-9-26-42(5-2)23-14-19(32)20(40-3)15-24(23)44(26)11-7-10-27(44)48(45,46)47/h6,8-9,12-15,27-28H,4-5,7,10-11,16H2,1-2H3/q+1/p+1. The van der Waals surface area contributed by atoms with E-state index in [-0.39, 0.29) is 48.1 Å². The predicted molar refractivity (Wildman–Crippen MR) is 168 cm³/mol. The van der Waals surface area contributed by atoms with Gasteiger partial charge >= 0.3 is 28.6 Å². The van der Waals surface area contributed by atoms with E-state index in [4.69, 9.17) is 29.8 Å². The Kier molecular flexibility index (Phi) is 9.37. The van der Waals surface area contributed by atoms with E-state index in [1.807, 2.05) is 0 Å². The third-order valence-corrected chi connectivity index (χ3v) is 10.6. The van der Waals surface area contributed by atoms with Gasteiger partial charge in [0.15, 0.2) is 23.3 Å². The highest BCUT2D eigenvalue weighted by Gasteiger charge is 2.60. The van der Waals surface area contributed by atoms with Gasteiger partial charge in [0.25, 0.3) is 5.82 Å². The van der Waals surface area contributed by atoms with Gasteiger partial charge in [0, 0.05) is 54.8 Å². The van der Waals surface area contributed by atoms with Crippen molar-refractivity contribution >= 4 is 67.5 Å². The zero-order valence-corrected chi connectivity index (χ0v) is 27.6. The Morgan fingerprint density at radius 2 is 1.81 bits per heavy atom. The lowest BCUT2D eigenvalue weighted by atomic mass is 10.2. The molecule has 1 aromatic heterocycles. The van der Waals surface area contributed by atoms with Crippen molar-refractivity contribution in [2.24, 2.45) is 0 Å². The van der Waals surface area contributed by atoms with E-state index in [0.29, 0.717) is 34.3 Å². The van der Waals surface area contributed by atoms with Gasteiger partial charge in [-0.05, 0) is 26.0 Å². The van der Waals surface area contributed by atoms with Gasteiger partial charge in [-0.25, -0.2) is 27.2 Å². The van der Waals surface area contributed by atoms with Gasteiger partial charge in [-0.15, -0.1) is 0 Å². The number of alkyl halides is 7. The van der Waals surface area contributed by atoms with E-state index < -0.39 is 61.1 Å². The van der Waals surface area contributed by atoms with Gasteiger partial charge < -0.3 is 0 Å². The summed E-state index contributed by atoms with van der Waals surface area (Å²) in [6, 6.07) is 4.43. The van der Waals surface area contributed by atoms with Crippen molar-refractivity contribution in [1.29, 1.82) is 0 Å². The maximum absolute atomic E-state index is 14.5. The summed E-state index contributed by atoms with van der Waals surface area (Å²) >= 11 is 12.3. The third kappa shape index (κ3) is 5.83. The fourth-order valence-corrected chi connectivity index (χ4v) is 8.46. The van der Waals surface area contributed by atoms with Crippen molar-refractivity contribution in [1.82, 2.24) is 9.05 Å². The van der Waals surface area contributed by atoms with Crippen LogP contribution in [0.25, 0.3) is 22.0 Å². The SMILES string of the molecule is [C-]#[N+]c1cc2c(cc1Cl)N(CC)C(=CC=Cc1n(CC)c3cc(Cl)c(C(F)(F)F)cc3[n+]1CC(F)(F)C(F)F)[N+]21CCCC1S(=O)(=O)O. The molecular formula is C30H28Cl2F7N5O3S+2. The molecule has 1 N–H and O–H groups in total. The van der Waals surface area contributed by atoms with Crippen molar-refractivity contribution in [3.05, 3.63) is 75.1 Å². The molecule has 5 rings (SSSR count). The van der Waals surface area contributed by atoms with Crippen LogP contribution in [0.4, 0.5) is 47.8 Å². The first kappa shape index (κ1) is 35.9. The number of quaternary nitrogens is 1. The molecule has 1 spiro atoms. The summed E-state index contributed by atoms with van der Waals surface area (Å²) in [5.74, 6) is -4.49. The smallest absolute Gasteiger partial charge is 0.292 e. The molecule has 2 atom stereocenters. The van der Waals surface area contributed by atoms with Crippen LogP contribution in [0.5, 0.6) is 0 Å². The molecule has 1 saturated heterocycles. The van der Waals surface area contributed by atoms with Gasteiger partial charge in [0.2, 0.25) is 16.9 Å². The number of aryl methyl sites for hydroxylation is 1. The predicted octanol–water partition coefficient (Wildman–Crippen LogP) is 8.44. The topological polar surface area (TPSA) is 70.8 Å². The molecule has 2 aromatic carbocycles. The maximum atomic E-state index is 14.5. The highest BCUT2D eigenvalue weighted by Crippen LogP contribution is 2.55. The van der Waals surface area contributed by atoms with Gasteiger partial charge in [-0.3, -0.25) is 9.45 Å². The van der Waals surface area contributed by atoms with Gasteiger partial charge in [-0.2, -0.15) is 30.4 Å². The van der Waals surface area contributed by atoms with E-state index in [1.165, 1.54) is 34.9 Å². The van der Waals surface area contributed by atoms with E-state index in [0.717, 1.165) is 6.07 Å². The second-order valence-electron chi connectivity index (χ2n) is 11.3. The van der Waals surface area contributed by atoms with Crippen molar-refractivity contribution in [3.63, 3.8) is 0 Å². The number of aromatic nitrogens is 2. The zero-order chi connectivity index (χ0) is 35.6. The Morgan fingerprint density at radius 3 is 2.38 bits per heavy atom. The number of rotatable bonds is 8. The van der Waals surface area contributed by atoms with Gasteiger partial charge in [0.1, 0.15) is 5.69 Å². The first-order chi connectivity index (χ1) is 22.3. The lowest BCUT2D eigenvalue weighted by Gasteiger charge is -2.35. The summed E-state index contributed by atoms with van der Waals surface area (Å²) in [5.41, 5.74) is -0.878. The van der Waals surface area contributed by atoms with Gasteiger partial charge in [-0.1, -0.05) is 23.2 Å². The zero-order valence-electron chi connectivity index (χ0n) is 25.2. The summed E-state index contributed by atoms with van der Waals surface area (Å²) in [5, 5.41) is -2.00. The van der Waals surface area contributed by atoms with E-state index in [9.17, 15) is 43.7 Å². The molecule has 0 aliphatic carbocycles. The van der Waals surface area contributed by atoms with Crippen LogP contribution in [0.1, 0.15) is 38.1 Å². The maximum Gasteiger partial charge on any atom is 0.418 e. The number of hydrogen-bond donors (Lipinski definition) is 1. The Bertz CT molecular complexity index is 2010. The molecule has 3 heterocycles. The largest absolute Gasteiger partial charge is 0.418 e. The average Bonchev–Trinajstić information content (AvgIpc) is 3.62. The lowest BCUT2D eigenvalue weighted by Crippen LogP contribution is -2.55. The molecule has 1 fully saturated rings.